The van der Waals surface area contributed by atoms with Crippen LogP contribution >= 0.6 is 11.6 Å². The molecule has 0 N–H and O–H groups in total. The van der Waals surface area contributed by atoms with Gasteiger partial charge in [-0.3, -0.25) is 0 Å². The molecular formula is C29H34ClF. The predicted octanol–water partition coefficient (Wildman–Crippen LogP) is 9.41. The Morgan fingerprint density at radius 3 is 2.32 bits per heavy atom. The first-order chi connectivity index (χ1) is 15.1. The molecule has 0 saturated heterocycles. The van der Waals surface area contributed by atoms with E-state index in [2.05, 4.69) is 43.0 Å². The van der Waals surface area contributed by atoms with Gasteiger partial charge >= 0.3 is 0 Å². The van der Waals surface area contributed by atoms with Crippen molar-refractivity contribution in [3.8, 4) is 11.1 Å². The highest BCUT2D eigenvalue weighted by atomic mass is 35.5. The van der Waals surface area contributed by atoms with Gasteiger partial charge in [0.25, 0.3) is 0 Å². The number of aryl methyl sites for hydroxylation is 1. The van der Waals surface area contributed by atoms with Crippen LogP contribution in [0.5, 0.6) is 0 Å². The summed E-state index contributed by atoms with van der Waals surface area (Å²) in [5.41, 5.74) is 5.06. The Labute approximate surface area is 192 Å². The van der Waals surface area contributed by atoms with Crippen LogP contribution in [0.25, 0.3) is 16.7 Å². The van der Waals surface area contributed by atoms with Crippen molar-refractivity contribution in [2.75, 3.05) is 0 Å². The Morgan fingerprint density at radius 1 is 0.968 bits per heavy atom. The van der Waals surface area contributed by atoms with Crippen molar-refractivity contribution in [1.29, 1.82) is 0 Å². The third kappa shape index (κ3) is 5.14. The number of rotatable bonds is 6. The fourth-order valence-corrected chi connectivity index (χ4v) is 5.90. The normalized spacial score (nSPS) is 24.0. The summed E-state index contributed by atoms with van der Waals surface area (Å²) in [4.78, 5) is 0. The minimum Gasteiger partial charge on any atom is -0.205 e. The van der Waals surface area contributed by atoms with Crippen LogP contribution in [0.15, 0.2) is 55.1 Å². The summed E-state index contributed by atoms with van der Waals surface area (Å²) >= 11 is 6.25. The Hall–Kier alpha value is -1.86. The van der Waals surface area contributed by atoms with Crippen molar-refractivity contribution in [2.45, 2.75) is 64.7 Å². The molecular weight excluding hydrogens is 403 g/mol. The molecule has 0 spiro atoms. The van der Waals surface area contributed by atoms with Crippen LogP contribution in [0, 0.1) is 30.5 Å². The summed E-state index contributed by atoms with van der Waals surface area (Å²) in [6.45, 7) is 5.61. The van der Waals surface area contributed by atoms with Crippen molar-refractivity contribution in [1.82, 2.24) is 0 Å². The Bertz CT molecular complexity index is 932. The maximum Gasteiger partial charge on any atom is 0.145 e. The largest absolute Gasteiger partial charge is 0.205 e. The monoisotopic (exact) mass is 436 g/mol. The lowest BCUT2D eigenvalue weighted by Crippen LogP contribution is -2.23. The third-order valence-electron chi connectivity index (χ3n) is 7.63. The van der Waals surface area contributed by atoms with E-state index in [4.69, 9.17) is 11.6 Å². The third-order valence-corrected chi connectivity index (χ3v) is 8.00. The Kier molecular flexibility index (Phi) is 7.33. The first-order valence-corrected chi connectivity index (χ1v) is 12.3. The fraction of sp³-hybridized carbons (Fsp3) is 0.448. The zero-order valence-electron chi connectivity index (χ0n) is 18.7. The van der Waals surface area contributed by atoms with Crippen LogP contribution in [0.1, 0.15) is 68.9 Å². The summed E-state index contributed by atoms with van der Waals surface area (Å²) in [5, 5.41) is 0.215. The summed E-state index contributed by atoms with van der Waals surface area (Å²) in [7, 11) is 0. The number of halogens is 2. The second-order valence-corrected chi connectivity index (χ2v) is 9.92. The zero-order valence-corrected chi connectivity index (χ0v) is 19.4. The topological polar surface area (TPSA) is 0 Å². The zero-order chi connectivity index (χ0) is 21.8. The average Bonchev–Trinajstić information content (AvgIpc) is 2.82. The molecule has 2 aliphatic carbocycles. The van der Waals surface area contributed by atoms with Gasteiger partial charge in [0.1, 0.15) is 5.82 Å². The first-order valence-electron chi connectivity index (χ1n) is 11.9. The number of hydrogen-bond acceptors (Lipinski definition) is 0. The molecule has 0 heterocycles. The van der Waals surface area contributed by atoms with E-state index in [1.807, 2.05) is 6.07 Å². The van der Waals surface area contributed by atoms with E-state index in [-0.39, 0.29) is 10.8 Å². The van der Waals surface area contributed by atoms with E-state index in [0.717, 1.165) is 28.9 Å². The standard InChI is InChI=1S/C29H34ClF/c1-3-4-5-21-7-9-22(10-8-21)23-11-13-24(14-12-23)25-15-17-26(18-16-25)27-19-6-20(2)29(31)28(27)30/h3,6,13,15-19,21-23H,1,4-5,7-12,14H2,2H3. The SMILES string of the molecule is C=CCCC1CCC(C2CC=C(c3ccc(-c4ccc(C)c(F)c4Cl)cc3)CC2)CC1. The van der Waals surface area contributed by atoms with Crippen LogP contribution in [0.3, 0.4) is 0 Å². The summed E-state index contributed by atoms with van der Waals surface area (Å²) < 4.78 is 14.2. The van der Waals surface area contributed by atoms with E-state index in [1.54, 1.807) is 13.0 Å². The van der Waals surface area contributed by atoms with Crippen molar-refractivity contribution in [2.24, 2.45) is 17.8 Å². The molecule has 0 amide bonds. The highest BCUT2D eigenvalue weighted by Gasteiger charge is 2.28. The van der Waals surface area contributed by atoms with Gasteiger partial charge in [-0.25, -0.2) is 4.39 Å². The van der Waals surface area contributed by atoms with Crippen LogP contribution < -0.4 is 0 Å². The molecule has 31 heavy (non-hydrogen) atoms. The van der Waals surface area contributed by atoms with E-state index < -0.39 is 0 Å². The molecule has 0 aliphatic heterocycles. The minimum atomic E-state index is -0.320. The second kappa shape index (κ2) is 10.2. The highest BCUT2D eigenvalue weighted by molar-refractivity contribution is 6.33. The smallest absolute Gasteiger partial charge is 0.145 e. The fourth-order valence-electron chi connectivity index (χ4n) is 5.58. The molecule has 1 unspecified atom stereocenters. The molecule has 1 saturated carbocycles. The second-order valence-electron chi connectivity index (χ2n) is 9.55. The van der Waals surface area contributed by atoms with Crippen LogP contribution in [0.4, 0.5) is 4.39 Å². The van der Waals surface area contributed by atoms with Gasteiger partial charge in [-0.2, -0.15) is 0 Å². The lowest BCUT2D eigenvalue weighted by Gasteiger charge is -2.35. The maximum atomic E-state index is 14.2. The minimum absolute atomic E-state index is 0.215. The van der Waals surface area contributed by atoms with Gasteiger partial charge in [-0.15, -0.1) is 6.58 Å². The van der Waals surface area contributed by atoms with Gasteiger partial charge in [0, 0.05) is 5.56 Å². The maximum absolute atomic E-state index is 14.2. The first kappa shape index (κ1) is 22.3. The molecule has 164 valence electrons. The Morgan fingerprint density at radius 2 is 1.68 bits per heavy atom. The quantitative estimate of drug-likeness (QED) is 0.395. The van der Waals surface area contributed by atoms with Gasteiger partial charge in [0.15, 0.2) is 0 Å². The molecule has 2 aliphatic rings. The van der Waals surface area contributed by atoms with Gasteiger partial charge < -0.3 is 0 Å². The lowest BCUT2D eigenvalue weighted by molar-refractivity contribution is 0.190. The molecule has 0 bridgehead atoms. The van der Waals surface area contributed by atoms with Crippen molar-refractivity contribution >= 4 is 17.2 Å². The molecule has 2 aromatic carbocycles. The number of allylic oxidation sites excluding steroid dienone is 3. The Balaban J connectivity index is 1.37. The molecule has 0 radical (unpaired) electrons. The molecule has 2 heteroatoms. The summed E-state index contributed by atoms with van der Waals surface area (Å²) in [6, 6.07) is 12.2. The predicted molar refractivity (Wildman–Crippen MR) is 132 cm³/mol. The molecule has 1 atom stereocenters. The summed E-state index contributed by atoms with van der Waals surface area (Å²) in [6.07, 6.45) is 16.4. The van der Waals surface area contributed by atoms with Crippen molar-refractivity contribution < 1.29 is 4.39 Å². The average molecular weight is 437 g/mol. The van der Waals surface area contributed by atoms with Crippen LogP contribution in [-0.2, 0) is 0 Å². The molecule has 4 rings (SSSR count). The molecule has 0 aromatic heterocycles. The van der Waals surface area contributed by atoms with Crippen molar-refractivity contribution in [3.05, 3.63) is 77.1 Å². The van der Waals surface area contributed by atoms with Crippen molar-refractivity contribution in [3.63, 3.8) is 0 Å². The van der Waals surface area contributed by atoms with Gasteiger partial charge in [0.05, 0.1) is 5.02 Å². The molecule has 1 fully saturated rings. The highest BCUT2D eigenvalue weighted by Crippen LogP contribution is 2.42. The van der Waals surface area contributed by atoms with Crippen LogP contribution in [-0.4, -0.2) is 0 Å². The number of benzene rings is 2. The van der Waals surface area contributed by atoms with E-state index in [1.165, 1.54) is 68.9 Å². The van der Waals surface area contributed by atoms with E-state index in [0.29, 0.717) is 5.56 Å². The lowest BCUT2D eigenvalue weighted by atomic mass is 9.70. The van der Waals surface area contributed by atoms with E-state index >= 15 is 0 Å². The van der Waals surface area contributed by atoms with E-state index in [9.17, 15) is 4.39 Å². The van der Waals surface area contributed by atoms with Gasteiger partial charge in [-0.05, 0) is 91.9 Å². The molecule has 2 aromatic rings. The van der Waals surface area contributed by atoms with Gasteiger partial charge in [0.2, 0.25) is 0 Å². The van der Waals surface area contributed by atoms with Crippen LogP contribution in [0.2, 0.25) is 5.02 Å². The summed E-state index contributed by atoms with van der Waals surface area (Å²) in [5.74, 6) is 2.38. The number of hydrogen-bond donors (Lipinski definition) is 0. The van der Waals surface area contributed by atoms with Gasteiger partial charge in [-0.1, -0.05) is 73.0 Å². The molecule has 0 nitrogen and oxygen atoms in total.